The standard InChI is InChI=1S/C14H14N2O6/c17-11(8-16-6-7-21-14(16)19)12(15-20)13(18)22-9-10-4-2-1-3-5-10/h1-5,20H,6-9H2/b15-12+. The lowest BCUT2D eigenvalue weighted by molar-refractivity contribution is -0.137. The molecule has 116 valence electrons. The molecule has 22 heavy (non-hydrogen) atoms. The fourth-order valence-corrected chi connectivity index (χ4v) is 1.82. The van der Waals surface area contributed by atoms with Gasteiger partial charge in [0.2, 0.25) is 11.5 Å². The molecule has 0 unspecified atom stereocenters. The molecule has 0 aromatic heterocycles. The molecule has 1 aliphatic rings. The number of esters is 1. The van der Waals surface area contributed by atoms with E-state index in [1.807, 2.05) is 6.07 Å². The summed E-state index contributed by atoms with van der Waals surface area (Å²) in [5.41, 5.74) is -0.0284. The van der Waals surface area contributed by atoms with Crippen LogP contribution < -0.4 is 0 Å². The van der Waals surface area contributed by atoms with Crippen molar-refractivity contribution in [2.45, 2.75) is 6.61 Å². The summed E-state index contributed by atoms with van der Waals surface area (Å²) in [5, 5.41) is 11.5. The van der Waals surface area contributed by atoms with Crippen molar-refractivity contribution in [3.63, 3.8) is 0 Å². The zero-order chi connectivity index (χ0) is 15.9. The fraction of sp³-hybridized carbons (Fsp3) is 0.286. The average molecular weight is 306 g/mol. The highest BCUT2D eigenvalue weighted by atomic mass is 16.6. The smallest absolute Gasteiger partial charge is 0.410 e. The number of oxime groups is 1. The van der Waals surface area contributed by atoms with E-state index in [2.05, 4.69) is 9.89 Å². The van der Waals surface area contributed by atoms with Crippen LogP contribution in [-0.4, -0.2) is 53.4 Å². The minimum Gasteiger partial charge on any atom is -0.456 e. The zero-order valence-electron chi connectivity index (χ0n) is 11.6. The van der Waals surface area contributed by atoms with Crippen molar-refractivity contribution in [1.82, 2.24) is 4.90 Å². The van der Waals surface area contributed by atoms with Gasteiger partial charge in [-0.1, -0.05) is 35.5 Å². The number of amides is 1. The number of hydrogen-bond acceptors (Lipinski definition) is 7. The van der Waals surface area contributed by atoms with E-state index in [0.717, 1.165) is 10.5 Å². The predicted octanol–water partition coefficient (Wildman–Crippen LogP) is 0.581. The van der Waals surface area contributed by atoms with E-state index < -0.39 is 30.1 Å². The molecular formula is C14H14N2O6. The van der Waals surface area contributed by atoms with Crippen LogP contribution in [0.25, 0.3) is 0 Å². The Hall–Kier alpha value is -2.90. The quantitative estimate of drug-likeness (QED) is 0.271. The van der Waals surface area contributed by atoms with Crippen molar-refractivity contribution in [3.05, 3.63) is 35.9 Å². The van der Waals surface area contributed by atoms with Crippen LogP contribution in [0.4, 0.5) is 4.79 Å². The topological polar surface area (TPSA) is 106 Å². The number of carbonyl (C=O) groups is 3. The molecular weight excluding hydrogens is 292 g/mol. The van der Waals surface area contributed by atoms with Gasteiger partial charge in [-0.3, -0.25) is 9.69 Å². The minimum atomic E-state index is -1.05. The maximum atomic E-state index is 11.9. The molecule has 0 radical (unpaired) electrons. The molecule has 1 aromatic carbocycles. The maximum absolute atomic E-state index is 11.9. The number of ether oxygens (including phenoxy) is 2. The third kappa shape index (κ3) is 3.81. The Bertz CT molecular complexity index is 599. The third-order valence-corrected chi connectivity index (χ3v) is 2.95. The Morgan fingerprint density at radius 1 is 1.32 bits per heavy atom. The molecule has 1 amide bonds. The number of nitrogens with zero attached hydrogens (tertiary/aromatic N) is 2. The van der Waals surface area contributed by atoms with Gasteiger partial charge in [-0.25, -0.2) is 9.59 Å². The van der Waals surface area contributed by atoms with E-state index in [1.54, 1.807) is 24.3 Å². The van der Waals surface area contributed by atoms with E-state index in [-0.39, 0.29) is 19.8 Å². The molecule has 0 spiro atoms. The predicted molar refractivity (Wildman–Crippen MR) is 73.4 cm³/mol. The van der Waals surface area contributed by atoms with Crippen molar-refractivity contribution >= 4 is 23.6 Å². The monoisotopic (exact) mass is 306 g/mol. The molecule has 8 heteroatoms. The summed E-state index contributed by atoms with van der Waals surface area (Å²) in [6.45, 7) is -0.0467. The molecule has 0 atom stereocenters. The maximum Gasteiger partial charge on any atom is 0.410 e. The number of benzene rings is 1. The minimum absolute atomic E-state index is 0.0578. The van der Waals surface area contributed by atoms with Crippen LogP contribution in [0.2, 0.25) is 0 Å². The number of carbonyl (C=O) groups excluding carboxylic acids is 3. The zero-order valence-corrected chi connectivity index (χ0v) is 11.6. The second-order valence-electron chi connectivity index (χ2n) is 4.47. The van der Waals surface area contributed by atoms with Gasteiger partial charge in [0.25, 0.3) is 0 Å². The lowest BCUT2D eigenvalue weighted by Gasteiger charge is -2.11. The van der Waals surface area contributed by atoms with Gasteiger partial charge in [0.1, 0.15) is 13.2 Å². The summed E-state index contributed by atoms with van der Waals surface area (Å²) in [6, 6.07) is 8.84. The van der Waals surface area contributed by atoms with Gasteiger partial charge in [0.15, 0.2) is 0 Å². The Morgan fingerprint density at radius 3 is 2.64 bits per heavy atom. The number of Topliss-reactive ketones (excluding diaryl/α,β-unsaturated/α-hetero) is 1. The molecule has 1 heterocycles. The van der Waals surface area contributed by atoms with E-state index in [4.69, 9.17) is 9.94 Å². The largest absolute Gasteiger partial charge is 0.456 e. The molecule has 8 nitrogen and oxygen atoms in total. The molecule has 2 rings (SSSR count). The Labute approximate surface area is 125 Å². The van der Waals surface area contributed by atoms with Crippen LogP contribution in [-0.2, 0) is 25.7 Å². The van der Waals surface area contributed by atoms with Crippen molar-refractivity contribution < 1.29 is 29.1 Å². The van der Waals surface area contributed by atoms with E-state index >= 15 is 0 Å². The first kappa shape index (κ1) is 15.5. The molecule has 0 aliphatic carbocycles. The summed E-state index contributed by atoms with van der Waals surface area (Å²) in [6.07, 6.45) is -0.650. The number of rotatable bonds is 6. The van der Waals surface area contributed by atoms with Crippen LogP contribution >= 0.6 is 0 Å². The van der Waals surface area contributed by atoms with Gasteiger partial charge in [-0.15, -0.1) is 0 Å². The van der Waals surface area contributed by atoms with Crippen LogP contribution in [0, 0.1) is 0 Å². The average Bonchev–Trinajstić information content (AvgIpc) is 2.92. The van der Waals surface area contributed by atoms with Crippen molar-refractivity contribution in [2.75, 3.05) is 19.7 Å². The second-order valence-corrected chi connectivity index (χ2v) is 4.47. The summed E-state index contributed by atoms with van der Waals surface area (Å²) in [4.78, 5) is 36.0. The van der Waals surface area contributed by atoms with Gasteiger partial charge < -0.3 is 14.7 Å². The van der Waals surface area contributed by atoms with Gasteiger partial charge in [0, 0.05) is 0 Å². The summed E-state index contributed by atoms with van der Waals surface area (Å²) in [5.74, 6) is -1.87. The van der Waals surface area contributed by atoms with Gasteiger partial charge >= 0.3 is 12.1 Å². The normalized spacial score (nSPS) is 14.6. The van der Waals surface area contributed by atoms with Crippen LogP contribution in [0.3, 0.4) is 0 Å². The molecule has 0 bridgehead atoms. The number of ketones is 1. The summed E-state index contributed by atoms with van der Waals surface area (Å²) < 4.78 is 9.57. The summed E-state index contributed by atoms with van der Waals surface area (Å²) >= 11 is 0. The van der Waals surface area contributed by atoms with Crippen molar-refractivity contribution in [1.29, 1.82) is 0 Å². The van der Waals surface area contributed by atoms with Crippen LogP contribution in [0.5, 0.6) is 0 Å². The molecule has 0 saturated carbocycles. The Kier molecular flexibility index (Phi) is 5.07. The molecule has 1 aliphatic heterocycles. The van der Waals surface area contributed by atoms with Gasteiger partial charge in [-0.2, -0.15) is 0 Å². The highest BCUT2D eigenvalue weighted by molar-refractivity contribution is 6.64. The lowest BCUT2D eigenvalue weighted by atomic mass is 10.2. The molecule has 1 N–H and O–H groups in total. The third-order valence-electron chi connectivity index (χ3n) is 2.95. The van der Waals surface area contributed by atoms with E-state index in [0.29, 0.717) is 0 Å². The van der Waals surface area contributed by atoms with Crippen LogP contribution in [0.15, 0.2) is 35.5 Å². The second kappa shape index (κ2) is 7.21. The summed E-state index contributed by atoms with van der Waals surface area (Å²) in [7, 11) is 0. The first-order valence-electron chi connectivity index (χ1n) is 6.50. The van der Waals surface area contributed by atoms with Crippen LogP contribution in [0.1, 0.15) is 5.56 Å². The highest BCUT2D eigenvalue weighted by Crippen LogP contribution is 2.05. The van der Waals surface area contributed by atoms with E-state index in [1.165, 1.54) is 0 Å². The number of cyclic esters (lactones) is 1. The fourth-order valence-electron chi connectivity index (χ4n) is 1.82. The molecule has 1 fully saturated rings. The Balaban J connectivity index is 1.91. The molecule has 1 saturated heterocycles. The van der Waals surface area contributed by atoms with E-state index in [9.17, 15) is 14.4 Å². The van der Waals surface area contributed by atoms with Gasteiger partial charge in [0.05, 0.1) is 13.1 Å². The SMILES string of the molecule is O=C(CN1CCOC1=O)/C(=N\O)C(=O)OCc1ccccc1. The Morgan fingerprint density at radius 2 is 2.05 bits per heavy atom. The van der Waals surface area contributed by atoms with Gasteiger partial charge in [-0.05, 0) is 5.56 Å². The molecule has 1 aromatic rings. The number of hydrogen-bond donors (Lipinski definition) is 1. The lowest BCUT2D eigenvalue weighted by Crippen LogP contribution is -2.37. The first-order valence-corrected chi connectivity index (χ1v) is 6.50. The first-order chi connectivity index (χ1) is 10.6. The van der Waals surface area contributed by atoms with Crippen molar-refractivity contribution in [3.8, 4) is 0 Å². The van der Waals surface area contributed by atoms with Crippen molar-refractivity contribution in [2.24, 2.45) is 5.16 Å². The highest BCUT2D eigenvalue weighted by Gasteiger charge is 2.29.